The summed E-state index contributed by atoms with van der Waals surface area (Å²) >= 11 is 0. The summed E-state index contributed by atoms with van der Waals surface area (Å²) in [7, 11) is 0. The van der Waals surface area contributed by atoms with E-state index in [1.54, 1.807) is 0 Å². The first kappa shape index (κ1) is 5.59. The normalized spacial score (nSPS) is 57.6. The van der Waals surface area contributed by atoms with Crippen molar-refractivity contribution in [3.8, 4) is 0 Å². The van der Waals surface area contributed by atoms with Crippen molar-refractivity contribution >= 4 is 0 Å². The Morgan fingerprint density at radius 3 is 2.70 bits per heavy atom. The molecule has 1 saturated heterocycles. The third-order valence-corrected chi connectivity index (χ3v) is 3.37. The molecule has 0 spiro atoms. The third kappa shape index (κ3) is 0.672. The van der Waals surface area contributed by atoms with Crippen molar-refractivity contribution in [3.63, 3.8) is 0 Å². The van der Waals surface area contributed by atoms with Crippen LogP contribution in [0.5, 0.6) is 0 Å². The number of hydrogen-bond donors (Lipinski definition) is 0. The largest absolute Gasteiger partial charge is 0.373 e. The Bertz CT molecular complexity index is 151. The highest BCUT2D eigenvalue weighted by molar-refractivity contribution is 5.04. The minimum absolute atomic E-state index is 0.673. The highest BCUT2D eigenvalue weighted by atomic mass is 16.6. The first-order chi connectivity index (χ1) is 4.93. The maximum Gasteiger partial charge on any atom is 0.0840 e. The van der Waals surface area contributed by atoms with Crippen LogP contribution in [0.15, 0.2) is 0 Å². The van der Waals surface area contributed by atoms with Crippen LogP contribution in [0.4, 0.5) is 0 Å². The van der Waals surface area contributed by atoms with Gasteiger partial charge in [-0.15, -0.1) is 0 Å². The van der Waals surface area contributed by atoms with Crippen molar-refractivity contribution in [1.29, 1.82) is 0 Å². The molecule has 4 atom stereocenters. The van der Waals surface area contributed by atoms with Gasteiger partial charge in [0.15, 0.2) is 0 Å². The minimum atomic E-state index is 0.673. The molecule has 0 aromatic rings. The van der Waals surface area contributed by atoms with Gasteiger partial charge in [0, 0.05) is 0 Å². The molecule has 3 fully saturated rings. The number of hydrogen-bond acceptors (Lipinski definition) is 1. The molecule has 1 radical (unpaired) electrons. The molecule has 3 rings (SSSR count). The van der Waals surface area contributed by atoms with Gasteiger partial charge in [0.1, 0.15) is 0 Å². The SMILES string of the molecule is [CH]1CC2CC1C(C1CO1)C2. The first-order valence-electron chi connectivity index (χ1n) is 4.38. The molecule has 10 heavy (non-hydrogen) atoms. The van der Waals surface area contributed by atoms with Gasteiger partial charge in [-0.3, -0.25) is 0 Å². The predicted molar refractivity (Wildman–Crippen MR) is 38.4 cm³/mol. The van der Waals surface area contributed by atoms with E-state index < -0.39 is 0 Å². The van der Waals surface area contributed by atoms with Crippen LogP contribution in [0, 0.1) is 24.2 Å². The van der Waals surface area contributed by atoms with Crippen LogP contribution in [0.1, 0.15) is 19.3 Å². The van der Waals surface area contributed by atoms with Gasteiger partial charge in [-0.25, -0.2) is 0 Å². The molecular weight excluding hydrogens is 124 g/mol. The Balaban J connectivity index is 1.77. The second kappa shape index (κ2) is 1.76. The Morgan fingerprint density at radius 2 is 2.20 bits per heavy atom. The lowest BCUT2D eigenvalue weighted by Gasteiger charge is -2.18. The van der Waals surface area contributed by atoms with Gasteiger partial charge >= 0.3 is 0 Å². The summed E-state index contributed by atoms with van der Waals surface area (Å²) in [6.45, 7) is 1.06. The van der Waals surface area contributed by atoms with Crippen molar-refractivity contribution in [1.82, 2.24) is 0 Å². The molecule has 55 valence electrons. The number of rotatable bonds is 1. The second-order valence-electron chi connectivity index (χ2n) is 4.01. The average molecular weight is 137 g/mol. The molecule has 1 nitrogen and oxygen atoms in total. The summed E-state index contributed by atoms with van der Waals surface area (Å²) in [4.78, 5) is 0. The first-order valence-corrected chi connectivity index (χ1v) is 4.38. The highest BCUT2D eigenvalue weighted by Crippen LogP contribution is 2.51. The molecule has 3 aliphatic rings. The number of fused-ring (bicyclic) bond motifs is 2. The van der Waals surface area contributed by atoms with Crippen LogP contribution in [0.2, 0.25) is 0 Å². The van der Waals surface area contributed by atoms with Gasteiger partial charge in [-0.2, -0.15) is 0 Å². The van der Waals surface area contributed by atoms with E-state index in [0.29, 0.717) is 6.10 Å². The Labute approximate surface area is 61.8 Å². The van der Waals surface area contributed by atoms with E-state index in [9.17, 15) is 0 Å². The smallest absolute Gasteiger partial charge is 0.0840 e. The van der Waals surface area contributed by atoms with Gasteiger partial charge in [-0.1, -0.05) is 0 Å². The van der Waals surface area contributed by atoms with Crippen molar-refractivity contribution in [2.75, 3.05) is 6.61 Å². The summed E-state index contributed by atoms with van der Waals surface area (Å²) in [6, 6.07) is 0. The van der Waals surface area contributed by atoms with Gasteiger partial charge in [0.2, 0.25) is 0 Å². The standard InChI is InChI=1S/C9H13O/c1-2-7-3-6(1)4-8(7)9-5-10-9/h2,6-9H,1,3-5H2. The quantitative estimate of drug-likeness (QED) is 0.500. The Kier molecular flexibility index (Phi) is 0.984. The van der Waals surface area contributed by atoms with E-state index in [1.165, 1.54) is 19.3 Å². The van der Waals surface area contributed by atoms with Crippen LogP contribution < -0.4 is 0 Å². The molecule has 1 aliphatic heterocycles. The van der Waals surface area contributed by atoms with E-state index in [4.69, 9.17) is 4.74 Å². The summed E-state index contributed by atoms with van der Waals surface area (Å²) in [6.07, 6.45) is 7.54. The molecule has 0 aromatic heterocycles. The molecular formula is C9H13O. The fraction of sp³-hybridized carbons (Fsp3) is 0.889. The predicted octanol–water partition coefficient (Wildman–Crippen LogP) is 1.64. The molecule has 0 N–H and O–H groups in total. The zero-order valence-corrected chi connectivity index (χ0v) is 6.12. The number of ether oxygens (including phenoxy) is 1. The van der Waals surface area contributed by atoms with Crippen LogP contribution in [-0.4, -0.2) is 12.7 Å². The third-order valence-electron chi connectivity index (χ3n) is 3.37. The molecule has 2 aliphatic carbocycles. The van der Waals surface area contributed by atoms with Crippen molar-refractivity contribution in [2.45, 2.75) is 25.4 Å². The molecule has 4 unspecified atom stereocenters. The molecule has 1 heterocycles. The van der Waals surface area contributed by atoms with Gasteiger partial charge in [0.05, 0.1) is 12.7 Å². The molecule has 0 aromatic carbocycles. The van der Waals surface area contributed by atoms with E-state index in [-0.39, 0.29) is 0 Å². The highest BCUT2D eigenvalue weighted by Gasteiger charge is 2.47. The summed E-state index contributed by atoms with van der Waals surface area (Å²) in [5.41, 5.74) is 0. The van der Waals surface area contributed by atoms with E-state index >= 15 is 0 Å². The fourth-order valence-corrected chi connectivity index (χ4v) is 2.78. The minimum Gasteiger partial charge on any atom is -0.373 e. The van der Waals surface area contributed by atoms with Crippen molar-refractivity contribution in [3.05, 3.63) is 6.42 Å². The van der Waals surface area contributed by atoms with Gasteiger partial charge < -0.3 is 4.74 Å². The van der Waals surface area contributed by atoms with Gasteiger partial charge in [-0.05, 0) is 43.4 Å². The molecule has 2 bridgehead atoms. The monoisotopic (exact) mass is 137 g/mol. The van der Waals surface area contributed by atoms with Gasteiger partial charge in [0.25, 0.3) is 0 Å². The number of epoxide rings is 1. The zero-order valence-electron chi connectivity index (χ0n) is 6.12. The van der Waals surface area contributed by atoms with Crippen LogP contribution >= 0.6 is 0 Å². The summed E-state index contributed by atoms with van der Waals surface area (Å²) < 4.78 is 5.33. The van der Waals surface area contributed by atoms with Crippen LogP contribution in [-0.2, 0) is 4.74 Å². The molecule has 0 amide bonds. The van der Waals surface area contributed by atoms with Crippen molar-refractivity contribution in [2.24, 2.45) is 17.8 Å². The maximum atomic E-state index is 5.33. The van der Waals surface area contributed by atoms with Crippen LogP contribution in [0.25, 0.3) is 0 Å². The van der Waals surface area contributed by atoms with Crippen LogP contribution in [0.3, 0.4) is 0 Å². The summed E-state index contributed by atoms with van der Waals surface area (Å²) in [5.74, 6) is 2.91. The lowest BCUT2D eigenvalue weighted by Crippen LogP contribution is -2.16. The lowest BCUT2D eigenvalue weighted by atomic mass is 9.87. The topological polar surface area (TPSA) is 12.5 Å². The Hall–Kier alpha value is -0.0400. The van der Waals surface area contributed by atoms with E-state index in [0.717, 1.165) is 24.4 Å². The van der Waals surface area contributed by atoms with E-state index in [1.807, 2.05) is 0 Å². The summed E-state index contributed by atoms with van der Waals surface area (Å²) in [5, 5.41) is 0. The molecule has 1 heteroatoms. The van der Waals surface area contributed by atoms with Crippen molar-refractivity contribution < 1.29 is 4.74 Å². The lowest BCUT2D eigenvalue weighted by molar-refractivity contribution is 0.278. The van der Waals surface area contributed by atoms with E-state index in [2.05, 4.69) is 6.42 Å². The zero-order chi connectivity index (χ0) is 6.55. The second-order valence-corrected chi connectivity index (χ2v) is 4.01. The average Bonchev–Trinajstić information content (AvgIpc) is 2.60. The fourth-order valence-electron chi connectivity index (χ4n) is 2.78. The molecule has 2 saturated carbocycles. The maximum absolute atomic E-state index is 5.33. The Morgan fingerprint density at radius 1 is 1.30 bits per heavy atom.